The van der Waals surface area contributed by atoms with Crippen molar-refractivity contribution in [3.05, 3.63) is 0 Å². The Labute approximate surface area is 51.6 Å². The molecule has 0 amide bonds. The first kappa shape index (κ1) is 10.6. The number of rotatable bonds is 0. The molecule has 0 atom stereocenters. The first-order valence-corrected chi connectivity index (χ1v) is 2.74. The topological polar surface area (TPSA) is 49.9 Å². The standard InChI is InChI=1S/C3H9N.C3H7N/c2*1-3(2)4/h3H,4H2,1-2H3;4H,1-2H3. The average molecular weight is 116 g/mol. The maximum absolute atomic E-state index is 6.50. The van der Waals surface area contributed by atoms with Gasteiger partial charge >= 0.3 is 0 Å². The van der Waals surface area contributed by atoms with Gasteiger partial charge < -0.3 is 11.1 Å². The molecule has 0 aliphatic heterocycles. The monoisotopic (exact) mass is 116 g/mol. The van der Waals surface area contributed by atoms with Gasteiger partial charge in [0, 0.05) is 5.71 Å². The van der Waals surface area contributed by atoms with Gasteiger partial charge in [0.15, 0.2) is 0 Å². The molecule has 0 radical (unpaired) electrons. The van der Waals surface area contributed by atoms with Gasteiger partial charge in [0.05, 0.1) is 0 Å². The van der Waals surface area contributed by atoms with E-state index in [0.29, 0.717) is 11.8 Å². The van der Waals surface area contributed by atoms with Crippen molar-refractivity contribution in [1.29, 1.82) is 5.41 Å². The Morgan fingerprint density at radius 3 is 1.38 bits per heavy atom. The minimum absolute atomic E-state index is 0.333. The van der Waals surface area contributed by atoms with Crippen molar-refractivity contribution in [2.24, 2.45) is 5.73 Å². The summed E-state index contributed by atoms with van der Waals surface area (Å²) in [4.78, 5) is 0. The summed E-state index contributed by atoms with van der Waals surface area (Å²) in [6.45, 7) is 7.39. The van der Waals surface area contributed by atoms with Crippen molar-refractivity contribution in [3.8, 4) is 0 Å². The zero-order chi connectivity index (χ0) is 7.15. The van der Waals surface area contributed by atoms with Crippen LogP contribution in [0.3, 0.4) is 0 Å². The molecule has 0 heterocycles. The van der Waals surface area contributed by atoms with E-state index in [1.807, 2.05) is 13.8 Å². The minimum atomic E-state index is 0.333. The fraction of sp³-hybridized carbons (Fsp3) is 0.833. The van der Waals surface area contributed by atoms with E-state index in [1.54, 1.807) is 13.8 Å². The van der Waals surface area contributed by atoms with Gasteiger partial charge in [0.2, 0.25) is 0 Å². The summed E-state index contributed by atoms with van der Waals surface area (Å²) in [7, 11) is 0. The van der Waals surface area contributed by atoms with E-state index in [9.17, 15) is 0 Å². The Morgan fingerprint density at radius 2 is 1.38 bits per heavy atom. The van der Waals surface area contributed by atoms with Crippen LogP contribution >= 0.6 is 0 Å². The van der Waals surface area contributed by atoms with Crippen LogP contribution < -0.4 is 5.73 Å². The van der Waals surface area contributed by atoms with Crippen LogP contribution in [0.15, 0.2) is 0 Å². The Kier molecular flexibility index (Phi) is 8.77. The maximum atomic E-state index is 6.50. The van der Waals surface area contributed by atoms with Crippen molar-refractivity contribution < 1.29 is 0 Å². The SMILES string of the molecule is CC(C)=N.CC(C)N. The highest BCUT2D eigenvalue weighted by molar-refractivity contribution is 5.75. The van der Waals surface area contributed by atoms with Crippen LogP contribution in [0, 0.1) is 5.41 Å². The van der Waals surface area contributed by atoms with Gasteiger partial charge in [0.1, 0.15) is 0 Å². The third-order valence-electron chi connectivity index (χ3n) is 0. The lowest BCUT2D eigenvalue weighted by atomic mass is 10.5. The van der Waals surface area contributed by atoms with Gasteiger partial charge in [0.25, 0.3) is 0 Å². The first-order chi connectivity index (χ1) is 3.46. The van der Waals surface area contributed by atoms with E-state index in [4.69, 9.17) is 11.1 Å². The molecule has 0 fully saturated rings. The smallest absolute Gasteiger partial charge is 0.00272 e. The van der Waals surface area contributed by atoms with Crippen LogP contribution in [0.2, 0.25) is 0 Å². The van der Waals surface area contributed by atoms with Crippen molar-refractivity contribution in [2.45, 2.75) is 33.7 Å². The third-order valence-corrected chi connectivity index (χ3v) is 0. The molecule has 0 aliphatic carbocycles. The van der Waals surface area contributed by atoms with Gasteiger partial charge in [-0.2, -0.15) is 0 Å². The molecule has 0 unspecified atom stereocenters. The molecule has 0 aromatic carbocycles. The zero-order valence-electron chi connectivity index (χ0n) is 6.15. The predicted molar refractivity (Wildman–Crippen MR) is 38.4 cm³/mol. The molecule has 8 heavy (non-hydrogen) atoms. The van der Waals surface area contributed by atoms with Gasteiger partial charge in [-0.3, -0.25) is 0 Å². The molecule has 0 rings (SSSR count). The van der Waals surface area contributed by atoms with Crippen LogP contribution in [0.5, 0.6) is 0 Å². The summed E-state index contributed by atoms with van der Waals surface area (Å²) < 4.78 is 0. The van der Waals surface area contributed by atoms with E-state index < -0.39 is 0 Å². The summed E-state index contributed by atoms with van der Waals surface area (Å²) in [6.07, 6.45) is 0. The second-order valence-electron chi connectivity index (χ2n) is 2.24. The fourth-order valence-electron chi connectivity index (χ4n) is 0. The number of nitrogens with two attached hydrogens (primary N) is 1. The van der Waals surface area contributed by atoms with Gasteiger partial charge in [-0.05, 0) is 19.9 Å². The van der Waals surface area contributed by atoms with Gasteiger partial charge in [-0.15, -0.1) is 0 Å². The molecular weight excluding hydrogens is 100 g/mol. The molecule has 0 bridgehead atoms. The molecule has 0 aliphatic rings. The van der Waals surface area contributed by atoms with Crippen molar-refractivity contribution in [3.63, 3.8) is 0 Å². The van der Waals surface area contributed by atoms with Crippen molar-refractivity contribution >= 4 is 5.71 Å². The van der Waals surface area contributed by atoms with Crippen LogP contribution in [-0.2, 0) is 0 Å². The molecule has 2 heteroatoms. The second-order valence-corrected chi connectivity index (χ2v) is 2.24. The summed E-state index contributed by atoms with van der Waals surface area (Å²) in [5.41, 5.74) is 5.78. The maximum Gasteiger partial charge on any atom is 0.00272 e. The highest BCUT2D eigenvalue weighted by Crippen LogP contribution is 1.58. The molecule has 0 aromatic rings. The van der Waals surface area contributed by atoms with E-state index in [1.165, 1.54) is 0 Å². The number of nitrogens with one attached hydrogen (secondary N) is 1. The Balaban J connectivity index is 0. The van der Waals surface area contributed by atoms with Crippen LogP contribution in [0.4, 0.5) is 0 Å². The number of hydrogen-bond acceptors (Lipinski definition) is 2. The second kappa shape index (κ2) is 6.63. The third kappa shape index (κ3) is 882. The number of hydrogen-bond donors (Lipinski definition) is 2. The van der Waals surface area contributed by atoms with Crippen LogP contribution in [0.25, 0.3) is 0 Å². The molecule has 0 saturated carbocycles. The van der Waals surface area contributed by atoms with E-state index in [0.717, 1.165) is 0 Å². The fourth-order valence-corrected chi connectivity index (χ4v) is 0. The lowest BCUT2D eigenvalue weighted by molar-refractivity contribution is 0.834. The zero-order valence-corrected chi connectivity index (χ0v) is 6.15. The van der Waals surface area contributed by atoms with Crippen LogP contribution in [0.1, 0.15) is 27.7 Å². The lowest BCUT2D eigenvalue weighted by Crippen LogP contribution is -2.06. The first-order valence-electron chi connectivity index (χ1n) is 2.74. The largest absolute Gasteiger partial charge is 0.328 e. The van der Waals surface area contributed by atoms with E-state index >= 15 is 0 Å². The Morgan fingerprint density at radius 1 is 1.38 bits per heavy atom. The highest BCUT2D eigenvalue weighted by Gasteiger charge is 1.67. The molecule has 0 aromatic heterocycles. The molecule has 2 nitrogen and oxygen atoms in total. The normalized spacial score (nSPS) is 7.75. The Bertz CT molecular complexity index is 50.8. The molecule has 0 saturated heterocycles. The minimum Gasteiger partial charge on any atom is -0.328 e. The quantitative estimate of drug-likeness (QED) is 0.462. The van der Waals surface area contributed by atoms with E-state index in [-0.39, 0.29) is 0 Å². The van der Waals surface area contributed by atoms with Crippen LogP contribution in [-0.4, -0.2) is 11.8 Å². The lowest BCUT2D eigenvalue weighted by Gasteiger charge is -1.81. The summed E-state index contributed by atoms with van der Waals surface area (Å²) in [5.74, 6) is 0. The summed E-state index contributed by atoms with van der Waals surface area (Å²) in [5, 5.41) is 6.50. The van der Waals surface area contributed by atoms with Gasteiger partial charge in [-0.25, -0.2) is 0 Å². The van der Waals surface area contributed by atoms with Gasteiger partial charge in [-0.1, -0.05) is 13.8 Å². The molecular formula is C6H16N2. The molecule has 0 spiro atoms. The van der Waals surface area contributed by atoms with Crippen molar-refractivity contribution in [1.82, 2.24) is 0 Å². The molecule has 3 N–H and O–H groups in total. The van der Waals surface area contributed by atoms with E-state index in [2.05, 4.69) is 0 Å². The molecule has 50 valence electrons. The average Bonchev–Trinajstić information content (AvgIpc) is 1.25. The van der Waals surface area contributed by atoms with Crippen molar-refractivity contribution in [2.75, 3.05) is 0 Å². The highest BCUT2D eigenvalue weighted by atomic mass is 14.6. The summed E-state index contributed by atoms with van der Waals surface area (Å²) >= 11 is 0. The predicted octanol–water partition coefficient (Wildman–Crippen LogP) is 1.40. The summed E-state index contributed by atoms with van der Waals surface area (Å²) in [6, 6.07) is 0.333. The Hall–Kier alpha value is -0.370.